The number of rotatable bonds is 2. The number of nitrogens with one attached hydrogen (secondary N) is 1. The third-order valence-electron chi connectivity index (χ3n) is 8.64. The number of H-pyrrole nitrogens is 1. The highest BCUT2D eigenvalue weighted by Crippen LogP contribution is 2.37. The molecule has 2 aliphatic heterocycles. The predicted molar refractivity (Wildman–Crippen MR) is 187 cm³/mol. The van der Waals surface area contributed by atoms with Crippen LogP contribution in [0.25, 0.3) is 89.7 Å². The first-order chi connectivity index (χ1) is 23.7. The molecule has 5 heterocycles. The number of hydrogen-bond donors (Lipinski definition) is 2. The van der Waals surface area contributed by atoms with E-state index in [2.05, 4.69) is 4.98 Å². The van der Waals surface area contributed by atoms with Crippen molar-refractivity contribution in [3.05, 3.63) is 121 Å². The second-order valence-corrected chi connectivity index (χ2v) is 11.6. The predicted octanol–water partition coefficient (Wildman–Crippen LogP) is 7.77. The molecule has 8 aromatic rings. The van der Waals surface area contributed by atoms with Crippen molar-refractivity contribution in [3.63, 3.8) is 0 Å². The van der Waals surface area contributed by atoms with Crippen LogP contribution in [-0.4, -0.2) is 39.6 Å². The second kappa shape index (κ2) is 10.0. The highest BCUT2D eigenvalue weighted by molar-refractivity contribution is 6.06. The molecule has 0 atom stereocenters. The van der Waals surface area contributed by atoms with Gasteiger partial charge in [0.25, 0.3) is 0 Å². The molecule has 0 spiro atoms. The molecule has 5 aromatic carbocycles. The van der Waals surface area contributed by atoms with Crippen molar-refractivity contribution in [2.45, 2.75) is 0 Å². The van der Waals surface area contributed by atoms with E-state index in [9.17, 15) is 0 Å². The Morgan fingerprint density at radius 2 is 0.833 bits per heavy atom. The first-order valence-electron chi connectivity index (χ1n) is 15.4. The summed E-state index contributed by atoms with van der Waals surface area (Å²) in [4.78, 5) is 40.6. The highest BCUT2D eigenvalue weighted by atomic mass is 16.7. The Balaban J connectivity index is 1.42. The summed E-state index contributed by atoms with van der Waals surface area (Å²) in [6.45, 7) is 0. The van der Waals surface area contributed by atoms with Crippen LogP contribution in [0.1, 0.15) is 0 Å². The van der Waals surface area contributed by atoms with Gasteiger partial charge in [0.05, 0.1) is 0 Å². The number of aromatic amines is 1. The van der Waals surface area contributed by atoms with Gasteiger partial charge in [-0.25, -0.2) is 29.9 Å². The van der Waals surface area contributed by atoms with Crippen LogP contribution in [-0.2, 0) is 0 Å². The van der Waals surface area contributed by atoms with Crippen molar-refractivity contribution >= 4 is 49.8 Å². The normalized spacial score (nSPS) is 11.8. The Morgan fingerprint density at radius 3 is 1.29 bits per heavy atom. The number of fused-ring (bicyclic) bond motifs is 20. The Morgan fingerprint density at radius 1 is 0.438 bits per heavy atom. The van der Waals surface area contributed by atoms with Gasteiger partial charge >= 0.3 is 0 Å². The van der Waals surface area contributed by atoms with Crippen LogP contribution in [0.15, 0.2) is 121 Å². The molecule has 10 nitrogen and oxygen atoms in total. The van der Waals surface area contributed by atoms with Gasteiger partial charge in [-0.2, -0.15) is 0 Å². The van der Waals surface area contributed by atoms with E-state index >= 15 is 0 Å². The van der Waals surface area contributed by atoms with E-state index in [0.717, 1.165) is 43.8 Å². The van der Waals surface area contributed by atoms with Crippen molar-refractivity contribution in [1.82, 2.24) is 39.6 Å². The minimum atomic E-state index is 0.508. The standard InChI is InChI=1S/C38H23N9O/c39-21-17-19-22(20-18-21)48-47-37-29-15-7-8-16-30(29)38(47)46-36-28-14-6-4-12-26(28)34(44-36)42-32-24-10-2-1-9-23(24)31(40-32)41-33-25-11-3-5-13-27(25)35(43-33)45-37/h1-20H,39H2,(H,40,41,42,43,44,45,46). The molecule has 48 heavy (non-hydrogen) atoms. The van der Waals surface area contributed by atoms with Crippen LogP contribution in [0.4, 0.5) is 5.69 Å². The van der Waals surface area contributed by atoms with Crippen molar-refractivity contribution in [2.75, 3.05) is 5.73 Å². The molecule has 0 amide bonds. The van der Waals surface area contributed by atoms with Gasteiger partial charge in [-0.15, -0.1) is 4.73 Å². The fourth-order valence-electron chi connectivity index (χ4n) is 6.38. The van der Waals surface area contributed by atoms with Crippen molar-refractivity contribution < 1.29 is 4.84 Å². The highest BCUT2D eigenvalue weighted by Gasteiger charge is 2.23. The molecule has 2 aliphatic rings. The Hall–Kier alpha value is -6.94. The summed E-state index contributed by atoms with van der Waals surface area (Å²) in [5, 5.41) is 3.52. The van der Waals surface area contributed by atoms with Crippen molar-refractivity contribution in [2.24, 2.45) is 0 Å². The van der Waals surface area contributed by atoms with E-state index in [1.165, 1.54) is 0 Å². The van der Waals surface area contributed by atoms with Gasteiger partial charge in [0.1, 0.15) is 11.3 Å². The maximum absolute atomic E-state index is 6.59. The summed E-state index contributed by atoms with van der Waals surface area (Å²) in [6, 6.07) is 39.1. The van der Waals surface area contributed by atoms with Crippen LogP contribution < -0.4 is 10.6 Å². The second-order valence-electron chi connectivity index (χ2n) is 11.6. The lowest BCUT2D eigenvalue weighted by Crippen LogP contribution is -2.07. The minimum Gasteiger partial charge on any atom is -0.399 e. The van der Waals surface area contributed by atoms with E-state index in [-0.39, 0.29) is 0 Å². The van der Waals surface area contributed by atoms with Crippen molar-refractivity contribution in [1.29, 1.82) is 0 Å². The zero-order valence-electron chi connectivity index (χ0n) is 25.2. The largest absolute Gasteiger partial charge is 0.399 e. The van der Waals surface area contributed by atoms with E-state index in [4.69, 9.17) is 40.5 Å². The Bertz CT molecular complexity index is 2620. The third kappa shape index (κ3) is 3.99. The third-order valence-corrected chi connectivity index (χ3v) is 8.64. The maximum atomic E-state index is 6.59. The van der Waals surface area contributed by atoms with Gasteiger partial charge in [0, 0.05) is 49.5 Å². The number of nitrogens with zero attached hydrogens (tertiary/aromatic N) is 7. The number of nitrogen functional groups attached to an aromatic ring is 1. The van der Waals surface area contributed by atoms with E-state index in [1.807, 2.05) is 109 Å². The number of benzene rings is 5. The van der Waals surface area contributed by atoms with Gasteiger partial charge < -0.3 is 15.6 Å². The molecule has 0 unspecified atom stereocenters. The van der Waals surface area contributed by atoms with Crippen LogP contribution in [0.2, 0.25) is 0 Å². The average Bonchev–Trinajstić information content (AvgIpc) is 3.84. The molecule has 8 bridgehead atoms. The minimum absolute atomic E-state index is 0.508. The van der Waals surface area contributed by atoms with Gasteiger partial charge in [-0.1, -0.05) is 97.1 Å². The molecule has 10 heteroatoms. The monoisotopic (exact) mass is 621 g/mol. The van der Waals surface area contributed by atoms with E-state index in [1.54, 1.807) is 16.9 Å². The molecule has 3 N–H and O–H groups in total. The summed E-state index contributed by atoms with van der Waals surface area (Å²) < 4.78 is 1.65. The van der Waals surface area contributed by atoms with Crippen LogP contribution in [0.3, 0.4) is 0 Å². The average molecular weight is 622 g/mol. The van der Waals surface area contributed by atoms with Gasteiger partial charge in [-0.3, -0.25) is 0 Å². The molecule has 0 radical (unpaired) electrons. The molecule has 226 valence electrons. The lowest BCUT2D eigenvalue weighted by Gasteiger charge is -2.08. The summed E-state index contributed by atoms with van der Waals surface area (Å²) in [6.07, 6.45) is 0. The van der Waals surface area contributed by atoms with Gasteiger partial charge in [0.2, 0.25) is 0 Å². The van der Waals surface area contributed by atoms with Crippen LogP contribution in [0, 0.1) is 0 Å². The summed E-state index contributed by atoms with van der Waals surface area (Å²) in [7, 11) is 0. The lowest BCUT2D eigenvalue weighted by atomic mass is 10.1. The fraction of sp³-hybridized carbons (Fsp3) is 0. The molecule has 0 saturated heterocycles. The van der Waals surface area contributed by atoms with Crippen molar-refractivity contribution in [3.8, 4) is 51.3 Å². The summed E-state index contributed by atoms with van der Waals surface area (Å²) in [5.41, 5.74) is 12.4. The SMILES string of the molecule is Nc1ccc(On2c3nc4nc(nc5[nH]c(nc6nc(nc2c2ccccc23)-c2ccccc2-6)c2ccccc52)-c2ccccc2-4)cc1. The van der Waals surface area contributed by atoms with Gasteiger partial charge in [0.15, 0.2) is 40.3 Å². The number of nitrogens with two attached hydrogens (primary N) is 1. The van der Waals surface area contributed by atoms with Crippen LogP contribution in [0.5, 0.6) is 5.75 Å². The number of anilines is 1. The number of aromatic nitrogens is 8. The molecule has 0 fully saturated rings. The lowest BCUT2D eigenvalue weighted by molar-refractivity contribution is 0.238. The quantitative estimate of drug-likeness (QED) is 0.187. The molecular weight excluding hydrogens is 598 g/mol. The van der Waals surface area contributed by atoms with Gasteiger partial charge in [-0.05, 0) is 24.3 Å². The first kappa shape index (κ1) is 26.3. The maximum Gasteiger partial charge on any atom is 0.181 e. The van der Waals surface area contributed by atoms with Crippen LogP contribution >= 0.6 is 0 Å². The molecular formula is C38H23N9O. The van der Waals surface area contributed by atoms with E-state index in [0.29, 0.717) is 57.3 Å². The summed E-state index contributed by atoms with van der Waals surface area (Å²) in [5.74, 6) is 2.66. The first-order valence-corrected chi connectivity index (χ1v) is 15.4. The van der Waals surface area contributed by atoms with E-state index < -0.39 is 0 Å². The Labute approximate surface area is 272 Å². The Kier molecular flexibility index (Phi) is 5.49. The summed E-state index contributed by atoms with van der Waals surface area (Å²) >= 11 is 0. The molecule has 3 aromatic heterocycles. The molecule has 0 saturated carbocycles. The molecule has 0 aliphatic carbocycles. The zero-order chi connectivity index (χ0) is 31.8. The fourth-order valence-corrected chi connectivity index (χ4v) is 6.38. The molecule has 10 rings (SSSR count). The topological polar surface area (TPSA) is 133 Å². The smallest absolute Gasteiger partial charge is 0.181 e. The number of hydrogen-bond acceptors (Lipinski definition) is 8. The zero-order valence-corrected chi connectivity index (χ0v) is 25.2.